The van der Waals surface area contributed by atoms with Gasteiger partial charge in [-0.1, -0.05) is 91.3 Å². The maximum Gasteiger partial charge on any atom is 0.235 e. The summed E-state index contributed by atoms with van der Waals surface area (Å²) in [5.41, 5.74) is 4.01. The number of benzene rings is 4. The zero-order valence-corrected chi connectivity index (χ0v) is 23.8. The molecule has 4 aromatic rings. The quantitative estimate of drug-likeness (QED) is 0.146. The number of alkyl halides is 2. The van der Waals surface area contributed by atoms with E-state index in [9.17, 15) is 14.4 Å². The van der Waals surface area contributed by atoms with E-state index in [1.165, 1.54) is 4.90 Å². The predicted molar refractivity (Wildman–Crippen MR) is 161 cm³/mol. The molecule has 0 unspecified atom stereocenters. The average molecular weight is 584 g/mol. The largest absolute Gasteiger partial charge is 0.326 e. The molecule has 0 aromatic heterocycles. The van der Waals surface area contributed by atoms with Gasteiger partial charge in [0.1, 0.15) is 9.75 Å². The molecule has 0 saturated carbocycles. The van der Waals surface area contributed by atoms with Gasteiger partial charge in [-0.15, -0.1) is 23.2 Å². The molecule has 0 radical (unpaired) electrons. The summed E-state index contributed by atoms with van der Waals surface area (Å²) in [5, 5.41) is 5.10. The first-order valence-corrected chi connectivity index (χ1v) is 14.8. The fourth-order valence-electron chi connectivity index (χ4n) is 7.22. The van der Waals surface area contributed by atoms with Crippen molar-refractivity contribution in [1.82, 2.24) is 4.90 Å². The minimum absolute atomic E-state index is 0.0547. The zero-order valence-electron chi connectivity index (χ0n) is 22.3. The summed E-state index contributed by atoms with van der Waals surface area (Å²) in [6.45, 7) is 0.280. The van der Waals surface area contributed by atoms with Gasteiger partial charge in [-0.05, 0) is 46.5 Å². The third-order valence-electron chi connectivity index (χ3n) is 9.03. The molecule has 4 aromatic carbocycles. The highest BCUT2D eigenvalue weighted by Crippen LogP contribution is 2.69. The molecule has 0 spiro atoms. The van der Waals surface area contributed by atoms with Crippen LogP contribution in [0.4, 0.5) is 5.69 Å². The molecule has 3 amide bonds. The van der Waals surface area contributed by atoms with Crippen molar-refractivity contribution in [3.05, 3.63) is 113 Å². The summed E-state index contributed by atoms with van der Waals surface area (Å²) in [6, 6.07) is 29.1. The Kier molecular flexibility index (Phi) is 6.22. The van der Waals surface area contributed by atoms with Gasteiger partial charge in [0.15, 0.2) is 0 Å². The summed E-state index contributed by atoms with van der Waals surface area (Å²) in [5.74, 6) is -2.13. The van der Waals surface area contributed by atoms with Crippen LogP contribution in [0.1, 0.15) is 47.9 Å². The fraction of sp³-hybridized carbons (Fsp3) is 0.265. The molecule has 41 heavy (non-hydrogen) atoms. The first-order chi connectivity index (χ1) is 19.9. The minimum Gasteiger partial charge on any atom is -0.326 e. The van der Waals surface area contributed by atoms with E-state index >= 15 is 0 Å². The van der Waals surface area contributed by atoms with Crippen molar-refractivity contribution in [3.63, 3.8) is 0 Å². The highest BCUT2D eigenvalue weighted by atomic mass is 35.5. The van der Waals surface area contributed by atoms with E-state index in [-0.39, 0.29) is 24.3 Å². The Bertz CT molecular complexity index is 1610. The lowest BCUT2D eigenvalue weighted by atomic mass is 9.54. The number of carbonyl (C=O) groups is 3. The van der Waals surface area contributed by atoms with Crippen LogP contribution in [0.2, 0.25) is 0 Å². The van der Waals surface area contributed by atoms with Crippen LogP contribution >= 0.6 is 23.2 Å². The molecular weight excluding hydrogens is 555 g/mol. The molecule has 206 valence electrons. The molecule has 2 bridgehead atoms. The summed E-state index contributed by atoms with van der Waals surface area (Å²) in [7, 11) is 0. The van der Waals surface area contributed by atoms with E-state index in [1.807, 2.05) is 91.0 Å². The van der Waals surface area contributed by atoms with Gasteiger partial charge in [0.05, 0.1) is 11.8 Å². The van der Waals surface area contributed by atoms with Crippen molar-refractivity contribution >= 4 is 57.4 Å². The number of carbonyl (C=O) groups excluding carboxylic acids is 3. The summed E-state index contributed by atoms with van der Waals surface area (Å²) < 4.78 is 0. The number of halogens is 2. The van der Waals surface area contributed by atoms with Crippen LogP contribution in [0, 0.1) is 11.8 Å². The summed E-state index contributed by atoms with van der Waals surface area (Å²) in [4.78, 5) is 39.5. The van der Waals surface area contributed by atoms with Gasteiger partial charge in [0, 0.05) is 24.0 Å². The highest BCUT2D eigenvalue weighted by molar-refractivity contribution is 6.36. The Morgan fingerprint density at radius 3 is 1.78 bits per heavy atom. The molecular formula is C34H28Cl2N2O3. The fourth-order valence-corrected chi connectivity index (χ4v) is 8.32. The van der Waals surface area contributed by atoms with Crippen LogP contribution in [-0.2, 0) is 24.1 Å². The molecule has 5 nitrogen and oxygen atoms in total. The van der Waals surface area contributed by atoms with Gasteiger partial charge < -0.3 is 5.32 Å². The predicted octanol–water partition coefficient (Wildman–Crippen LogP) is 6.93. The number of nitrogens with zero attached hydrogens (tertiary/aromatic N) is 1. The van der Waals surface area contributed by atoms with E-state index in [1.54, 1.807) is 0 Å². The Morgan fingerprint density at radius 1 is 0.683 bits per heavy atom. The molecule has 8 rings (SSSR count). The second-order valence-corrected chi connectivity index (χ2v) is 12.4. The van der Waals surface area contributed by atoms with Crippen molar-refractivity contribution < 1.29 is 14.4 Å². The van der Waals surface area contributed by atoms with Gasteiger partial charge >= 0.3 is 0 Å². The second-order valence-electron chi connectivity index (χ2n) is 11.2. The molecule has 1 saturated heterocycles. The number of unbranched alkanes of at least 4 members (excludes halogenated alkanes) is 2. The number of rotatable bonds is 7. The Balaban J connectivity index is 1.04. The second kappa shape index (κ2) is 9.71. The van der Waals surface area contributed by atoms with Crippen molar-refractivity contribution in [1.29, 1.82) is 0 Å². The average Bonchev–Trinajstić information content (AvgIpc) is 3.26. The van der Waals surface area contributed by atoms with Crippen LogP contribution in [0.25, 0.3) is 10.8 Å². The van der Waals surface area contributed by atoms with Gasteiger partial charge in [0.2, 0.25) is 17.7 Å². The van der Waals surface area contributed by atoms with Crippen molar-refractivity contribution in [2.45, 2.75) is 35.4 Å². The third kappa shape index (κ3) is 3.72. The van der Waals surface area contributed by atoms with E-state index in [2.05, 4.69) is 5.32 Å². The van der Waals surface area contributed by atoms with Crippen LogP contribution in [-0.4, -0.2) is 29.2 Å². The smallest absolute Gasteiger partial charge is 0.235 e. The van der Waals surface area contributed by atoms with E-state index < -0.39 is 21.6 Å². The zero-order chi connectivity index (χ0) is 28.4. The van der Waals surface area contributed by atoms with Crippen LogP contribution in [0.3, 0.4) is 0 Å². The molecule has 2 atom stereocenters. The van der Waals surface area contributed by atoms with Crippen LogP contribution in [0.5, 0.6) is 0 Å². The normalized spacial score (nSPS) is 25.7. The Morgan fingerprint density at radius 2 is 1.20 bits per heavy atom. The lowest BCUT2D eigenvalue weighted by Crippen LogP contribution is -2.57. The number of imide groups is 1. The summed E-state index contributed by atoms with van der Waals surface area (Å²) in [6.07, 6.45) is 2.31. The Labute approximate surface area is 248 Å². The summed E-state index contributed by atoms with van der Waals surface area (Å²) >= 11 is 14.9. The molecule has 1 N–H and O–H groups in total. The number of likely N-dealkylation sites (tertiary alicyclic amines) is 1. The van der Waals surface area contributed by atoms with Crippen molar-refractivity contribution in [2.24, 2.45) is 11.8 Å². The monoisotopic (exact) mass is 582 g/mol. The lowest BCUT2D eigenvalue weighted by molar-refractivity contribution is -0.140. The molecule has 1 aliphatic heterocycles. The topological polar surface area (TPSA) is 66.5 Å². The molecule has 3 aliphatic carbocycles. The standard InChI is InChI=1S/C34H28Cl2N2O3/c35-33-23-14-5-6-15-24(23)34(36,26-17-8-7-16-25(26)33)30-29(33)31(40)38(32(30)41)20-9-1-2-19-28(39)37-27-18-10-12-21-11-3-4-13-22(21)27/h3-8,10-18,29-30H,1-2,9,19-20H2,(H,37,39)/t29-,30+,33?,34?. The minimum atomic E-state index is -1.16. The van der Waals surface area contributed by atoms with Crippen LogP contribution in [0.15, 0.2) is 91.0 Å². The SMILES string of the molecule is O=C(CCCCCN1C(=O)[C@@H]2[C@H](C1=O)C1(Cl)c3ccccc3C2(Cl)c2ccccc21)Nc1cccc2ccccc12. The highest BCUT2D eigenvalue weighted by Gasteiger charge is 2.72. The maximum absolute atomic E-state index is 13.9. The number of fused-ring (bicyclic) bond motifs is 1. The number of hydrogen-bond acceptors (Lipinski definition) is 3. The third-order valence-corrected chi connectivity index (χ3v) is 10.3. The molecule has 1 fully saturated rings. The van der Waals surface area contributed by atoms with Gasteiger partial charge in [-0.3, -0.25) is 19.3 Å². The van der Waals surface area contributed by atoms with E-state index in [0.29, 0.717) is 25.7 Å². The van der Waals surface area contributed by atoms with Crippen LogP contribution < -0.4 is 5.32 Å². The van der Waals surface area contributed by atoms with Gasteiger partial charge in [0.25, 0.3) is 0 Å². The molecule has 1 heterocycles. The molecule has 4 aliphatic rings. The first-order valence-electron chi connectivity index (χ1n) is 14.1. The lowest BCUT2D eigenvalue weighted by Gasteiger charge is -2.54. The number of anilines is 1. The van der Waals surface area contributed by atoms with Gasteiger partial charge in [-0.25, -0.2) is 0 Å². The van der Waals surface area contributed by atoms with E-state index in [4.69, 9.17) is 23.2 Å². The van der Waals surface area contributed by atoms with Crippen molar-refractivity contribution in [3.8, 4) is 0 Å². The number of nitrogens with one attached hydrogen (secondary N) is 1. The number of amides is 3. The molecule has 7 heteroatoms. The van der Waals surface area contributed by atoms with Crippen molar-refractivity contribution in [2.75, 3.05) is 11.9 Å². The number of hydrogen-bond donors (Lipinski definition) is 1. The Hall–Kier alpha value is -3.67. The first kappa shape index (κ1) is 26.2. The van der Waals surface area contributed by atoms with E-state index in [0.717, 1.165) is 38.7 Å². The van der Waals surface area contributed by atoms with Gasteiger partial charge in [-0.2, -0.15) is 0 Å². The maximum atomic E-state index is 13.9.